The van der Waals surface area contributed by atoms with E-state index in [4.69, 9.17) is 9.05 Å². The van der Waals surface area contributed by atoms with Crippen LogP contribution in [0, 0.1) is 0 Å². The van der Waals surface area contributed by atoms with Crippen molar-refractivity contribution in [3.05, 3.63) is 34.8 Å². The summed E-state index contributed by atoms with van der Waals surface area (Å²) in [6.45, 7) is 4.61. The molecule has 0 aliphatic carbocycles. The Balaban J connectivity index is 0.00000784. The molecule has 0 fully saturated rings. The minimum Gasteiger partial charge on any atom is -0.438 e. The molecule has 9 heteroatoms. The van der Waals surface area contributed by atoms with Gasteiger partial charge in [-0.2, -0.15) is 0 Å². The molecule has 0 spiro atoms. The molecule has 6 nitrogen and oxygen atoms in total. The smallest absolute Gasteiger partial charge is 0.438 e. The van der Waals surface area contributed by atoms with Gasteiger partial charge in [0.1, 0.15) is 10.0 Å². The molecule has 0 aromatic heterocycles. The monoisotopic (exact) mass is 455 g/mol. The Morgan fingerprint density at radius 2 is 1.24 bits per heavy atom. The van der Waals surface area contributed by atoms with Crippen LogP contribution in [0.1, 0.15) is 78.1 Å². The first-order chi connectivity index (χ1) is 13.4. The van der Waals surface area contributed by atoms with Crippen LogP contribution in [-0.4, -0.2) is 21.6 Å². The second-order valence-electron chi connectivity index (χ2n) is 6.83. The number of rotatable bonds is 17. The van der Waals surface area contributed by atoms with Gasteiger partial charge in [0.05, 0.1) is 13.2 Å². The molecular weight excluding hydrogens is 420 g/mol. The third kappa shape index (κ3) is 13.3. The van der Waals surface area contributed by atoms with Crippen molar-refractivity contribution in [2.75, 3.05) is 13.2 Å². The number of sulfonamides is 1. The molecular formula is C20H35NNaO5PS. The molecule has 0 atom stereocenters. The summed E-state index contributed by atoms with van der Waals surface area (Å²) in [6.07, 6.45) is 9.96. The molecule has 0 amide bonds. The maximum atomic E-state index is 13.0. The Morgan fingerprint density at radius 3 is 1.69 bits per heavy atom. The first kappa shape index (κ1) is 29.3. The zero-order valence-corrected chi connectivity index (χ0v) is 21.9. The van der Waals surface area contributed by atoms with Gasteiger partial charge in [-0.15, -0.1) is 0 Å². The largest absolute Gasteiger partial charge is 1.00 e. The van der Waals surface area contributed by atoms with Crippen LogP contribution in [0.2, 0.25) is 0 Å². The molecule has 0 heterocycles. The van der Waals surface area contributed by atoms with Crippen LogP contribution in [0.3, 0.4) is 0 Å². The summed E-state index contributed by atoms with van der Waals surface area (Å²) < 4.78 is 52.3. The van der Waals surface area contributed by atoms with E-state index in [1.54, 1.807) is 18.2 Å². The van der Waals surface area contributed by atoms with Crippen molar-refractivity contribution in [1.29, 1.82) is 0 Å². The second kappa shape index (κ2) is 16.9. The molecule has 0 aliphatic rings. The second-order valence-corrected chi connectivity index (χ2v) is 10.4. The molecule has 1 aromatic carbocycles. The fourth-order valence-electron chi connectivity index (χ4n) is 2.63. The third-order valence-corrected chi connectivity index (χ3v) is 7.80. The van der Waals surface area contributed by atoms with Crippen molar-refractivity contribution in [3.8, 4) is 0 Å². The van der Waals surface area contributed by atoms with Crippen molar-refractivity contribution in [3.63, 3.8) is 0 Å². The SMILES string of the molecule is CCCCCCCOP(=O)([N-]S(=O)(=O)c1ccccc1)OCCCCCCC.[Na+]. The molecule has 0 radical (unpaired) electrons. The standard InChI is InChI=1S/C20H35NO5PS.Na/c1-3-5-7-9-14-18-25-27(22,26-19-15-10-8-6-4-2)21-28(23,24)20-16-12-11-13-17-20;/h11-13,16-17H,3-10,14-15,18-19H2,1-2H3;/q-1;+1. The Bertz CT molecular complexity index is 653. The average molecular weight is 456 g/mol. The van der Waals surface area contributed by atoms with E-state index in [2.05, 4.69) is 18.3 Å². The number of nitrogens with zero attached hydrogens (tertiary/aromatic N) is 1. The van der Waals surface area contributed by atoms with E-state index in [9.17, 15) is 13.0 Å². The summed E-state index contributed by atoms with van der Waals surface area (Å²) in [6, 6.07) is 7.72. The van der Waals surface area contributed by atoms with Crippen LogP contribution in [0.25, 0.3) is 4.49 Å². The molecule has 0 N–H and O–H groups in total. The molecule has 0 unspecified atom stereocenters. The van der Waals surface area contributed by atoms with E-state index in [0.717, 1.165) is 51.4 Å². The van der Waals surface area contributed by atoms with Crippen LogP contribution >= 0.6 is 7.75 Å². The van der Waals surface area contributed by atoms with Crippen LogP contribution in [0.15, 0.2) is 35.2 Å². The van der Waals surface area contributed by atoms with E-state index in [1.165, 1.54) is 12.1 Å². The molecule has 0 saturated carbocycles. The summed E-state index contributed by atoms with van der Waals surface area (Å²) >= 11 is 0. The van der Waals surface area contributed by atoms with Crippen LogP contribution in [0.4, 0.5) is 0 Å². The zero-order chi connectivity index (χ0) is 20.7. The van der Waals surface area contributed by atoms with Gasteiger partial charge in [-0.1, -0.05) is 83.4 Å². The van der Waals surface area contributed by atoms with E-state index in [-0.39, 0.29) is 47.7 Å². The van der Waals surface area contributed by atoms with Gasteiger partial charge in [0, 0.05) is 4.90 Å². The first-order valence-corrected chi connectivity index (χ1v) is 13.3. The third-order valence-electron chi connectivity index (χ3n) is 4.25. The van der Waals surface area contributed by atoms with E-state index >= 15 is 0 Å². The number of unbranched alkanes of at least 4 members (excludes halogenated alkanes) is 8. The maximum absolute atomic E-state index is 13.0. The number of hydrogen-bond acceptors (Lipinski definition) is 5. The predicted octanol–water partition coefficient (Wildman–Crippen LogP) is 3.84. The minimum absolute atomic E-state index is 0. The first-order valence-electron chi connectivity index (χ1n) is 10.4. The van der Waals surface area contributed by atoms with E-state index in [0.29, 0.717) is 12.8 Å². The Hall–Kier alpha value is 0.280. The van der Waals surface area contributed by atoms with Crippen molar-refractivity contribution < 1.29 is 51.6 Å². The van der Waals surface area contributed by atoms with Crippen molar-refractivity contribution in [1.82, 2.24) is 0 Å². The maximum Gasteiger partial charge on any atom is 1.00 e. The Labute approximate surface area is 199 Å². The minimum atomic E-state index is -4.11. The fraction of sp³-hybridized carbons (Fsp3) is 0.700. The van der Waals surface area contributed by atoms with Crippen molar-refractivity contribution in [2.24, 2.45) is 0 Å². The van der Waals surface area contributed by atoms with Gasteiger partial charge >= 0.3 is 29.6 Å². The van der Waals surface area contributed by atoms with Crippen LogP contribution < -0.4 is 29.6 Å². The van der Waals surface area contributed by atoms with Gasteiger partial charge in [0.15, 0.2) is 0 Å². The van der Waals surface area contributed by atoms with Gasteiger partial charge in [-0.05, 0) is 25.0 Å². The van der Waals surface area contributed by atoms with Crippen LogP contribution in [-0.2, 0) is 23.6 Å². The summed E-state index contributed by atoms with van der Waals surface area (Å²) in [7, 11) is -8.19. The van der Waals surface area contributed by atoms with Gasteiger partial charge in [0.2, 0.25) is 0 Å². The van der Waals surface area contributed by atoms with Crippen LogP contribution in [0.5, 0.6) is 0 Å². The summed E-state index contributed by atoms with van der Waals surface area (Å²) in [4.78, 5) is -0.0201. The summed E-state index contributed by atoms with van der Waals surface area (Å²) in [5.41, 5.74) is 0. The molecule has 1 rings (SSSR count). The molecule has 0 aliphatic heterocycles. The summed E-state index contributed by atoms with van der Waals surface area (Å²) in [5.74, 6) is 0. The zero-order valence-electron chi connectivity index (χ0n) is 18.2. The van der Waals surface area contributed by atoms with E-state index in [1.807, 2.05) is 0 Å². The Morgan fingerprint density at radius 1 is 0.793 bits per heavy atom. The fourth-order valence-corrected chi connectivity index (χ4v) is 5.73. The normalized spacial score (nSPS) is 11.9. The van der Waals surface area contributed by atoms with E-state index < -0.39 is 17.8 Å². The molecule has 1 aromatic rings. The molecule has 0 bridgehead atoms. The van der Waals surface area contributed by atoms with Gasteiger partial charge in [-0.25, -0.2) is 8.42 Å². The molecule has 29 heavy (non-hydrogen) atoms. The van der Waals surface area contributed by atoms with Gasteiger partial charge < -0.3 is 13.5 Å². The average Bonchev–Trinajstić information content (AvgIpc) is 2.68. The number of hydrogen-bond donors (Lipinski definition) is 0. The quantitative estimate of drug-likeness (QED) is 0.202. The molecule has 162 valence electrons. The topological polar surface area (TPSA) is 83.8 Å². The van der Waals surface area contributed by atoms with Gasteiger partial charge in [-0.3, -0.25) is 4.57 Å². The summed E-state index contributed by atoms with van der Waals surface area (Å²) in [5, 5.41) is 0. The van der Waals surface area contributed by atoms with Gasteiger partial charge in [0.25, 0.3) is 7.75 Å². The molecule has 0 saturated heterocycles. The number of benzene rings is 1. The van der Waals surface area contributed by atoms with Crippen molar-refractivity contribution in [2.45, 2.75) is 83.0 Å². The Kier molecular flexibility index (Phi) is 17.1. The van der Waals surface area contributed by atoms with Crippen molar-refractivity contribution >= 4 is 17.8 Å². The predicted molar refractivity (Wildman–Crippen MR) is 114 cm³/mol.